The summed E-state index contributed by atoms with van der Waals surface area (Å²) in [6, 6.07) is 19.6. The van der Waals surface area contributed by atoms with Gasteiger partial charge >= 0.3 is 0 Å². The second kappa shape index (κ2) is 7.18. The van der Waals surface area contributed by atoms with Gasteiger partial charge in [-0.3, -0.25) is 4.79 Å². The molecule has 3 rings (SSSR count). The third kappa shape index (κ3) is 3.86. The Morgan fingerprint density at radius 3 is 2.36 bits per heavy atom. The Kier molecular flexibility index (Phi) is 4.80. The predicted molar refractivity (Wildman–Crippen MR) is 103 cm³/mol. The molecule has 4 heteroatoms. The third-order valence-corrected chi connectivity index (χ3v) is 4.14. The number of nitrogens with one attached hydrogen (secondary N) is 1. The number of anilines is 3. The second-order valence-electron chi connectivity index (χ2n) is 6.07. The average Bonchev–Trinajstić information content (AvgIpc) is 2.64. The molecule has 126 valence electrons. The fourth-order valence-corrected chi connectivity index (χ4v) is 2.66. The minimum atomic E-state index is -0.208. The highest BCUT2D eigenvalue weighted by atomic mass is 16.1. The fraction of sp³-hybridized carbons (Fsp3) is 0.143. The third-order valence-electron chi connectivity index (χ3n) is 4.14. The summed E-state index contributed by atoms with van der Waals surface area (Å²) in [5.41, 5.74) is 5.40. The van der Waals surface area contributed by atoms with Crippen LogP contribution in [0.15, 0.2) is 66.9 Å². The Bertz CT molecular complexity index is 873. The van der Waals surface area contributed by atoms with Crippen LogP contribution in [0.25, 0.3) is 0 Å². The van der Waals surface area contributed by atoms with E-state index in [1.807, 2.05) is 80.4 Å². The molecule has 0 unspecified atom stereocenters. The van der Waals surface area contributed by atoms with Gasteiger partial charge in [-0.15, -0.1) is 0 Å². The molecule has 0 saturated carbocycles. The van der Waals surface area contributed by atoms with Crippen molar-refractivity contribution in [2.45, 2.75) is 13.8 Å². The number of nitrogens with zero attached hydrogens (tertiary/aromatic N) is 2. The molecule has 0 fully saturated rings. The maximum Gasteiger partial charge on any atom is 0.274 e. The normalized spacial score (nSPS) is 10.4. The molecule has 1 amide bonds. The van der Waals surface area contributed by atoms with E-state index in [0.717, 1.165) is 22.6 Å². The van der Waals surface area contributed by atoms with E-state index in [-0.39, 0.29) is 5.91 Å². The molecular weight excluding hydrogens is 310 g/mol. The van der Waals surface area contributed by atoms with Crippen molar-refractivity contribution < 1.29 is 4.79 Å². The maximum atomic E-state index is 12.4. The molecule has 1 aromatic heterocycles. The van der Waals surface area contributed by atoms with Crippen molar-refractivity contribution in [3.05, 3.63) is 83.7 Å². The van der Waals surface area contributed by atoms with Crippen LogP contribution < -0.4 is 10.2 Å². The van der Waals surface area contributed by atoms with Crippen molar-refractivity contribution in [2.24, 2.45) is 0 Å². The van der Waals surface area contributed by atoms with Crippen molar-refractivity contribution in [1.29, 1.82) is 0 Å². The van der Waals surface area contributed by atoms with Gasteiger partial charge < -0.3 is 10.2 Å². The lowest BCUT2D eigenvalue weighted by Gasteiger charge is -2.19. The molecule has 2 aromatic carbocycles. The molecule has 25 heavy (non-hydrogen) atoms. The zero-order valence-corrected chi connectivity index (χ0v) is 14.7. The van der Waals surface area contributed by atoms with Crippen LogP contribution in [0, 0.1) is 13.8 Å². The van der Waals surface area contributed by atoms with Crippen molar-refractivity contribution >= 4 is 23.0 Å². The van der Waals surface area contributed by atoms with Crippen molar-refractivity contribution in [2.75, 3.05) is 17.3 Å². The topological polar surface area (TPSA) is 45.2 Å². The Hall–Kier alpha value is -3.14. The number of aryl methyl sites for hydroxylation is 2. The molecule has 0 radical (unpaired) electrons. The second-order valence-corrected chi connectivity index (χ2v) is 6.07. The van der Waals surface area contributed by atoms with Gasteiger partial charge in [-0.2, -0.15) is 0 Å². The number of hydrogen-bond donors (Lipinski definition) is 1. The van der Waals surface area contributed by atoms with E-state index >= 15 is 0 Å². The first-order valence-corrected chi connectivity index (χ1v) is 8.18. The van der Waals surface area contributed by atoms with Crippen LogP contribution in [0.2, 0.25) is 0 Å². The Morgan fingerprint density at radius 1 is 0.960 bits per heavy atom. The summed E-state index contributed by atoms with van der Waals surface area (Å²) >= 11 is 0. The number of carbonyl (C=O) groups excluding carboxylic acids is 1. The van der Waals surface area contributed by atoms with Crippen LogP contribution in [0.4, 0.5) is 17.1 Å². The Balaban J connectivity index is 1.74. The van der Waals surface area contributed by atoms with E-state index < -0.39 is 0 Å². The average molecular weight is 331 g/mol. The lowest BCUT2D eigenvalue weighted by molar-refractivity contribution is 0.102. The number of benzene rings is 2. The number of carbonyl (C=O) groups is 1. The highest BCUT2D eigenvalue weighted by Gasteiger charge is 2.11. The number of amides is 1. The van der Waals surface area contributed by atoms with Gasteiger partial charge in [0.2, 0.25) is 0 Å². The summed E-state index contributed by atoms with van der Waals surface area (Å²) in [5, 5.41) is 2.92. The lowest BCUT2D eigenvalue weighted by Crippen LogP contribution is -2.15. The van der Waals surface area contributed by atoms with Gasteiger partial charge in [-0.1, -0.05) is 35.9 Å². The van der Waals surface area contributed by atoms with Gasteiger partial charge in [0.05, 0.1) is 11.9 Å². The first-order valence-electron chi connectivity index (χ1n) is 8.18. The van der Waals surface area contributed by atoms with E-state index in [1.165, 1.54) is 5.56 Å². The van der Waals surface area contributed by atoms with Crippen molar-refractivity contribution in [3.8, 4) is 0 Å². The first-order chi connectivity index (χ1) is 12.0. The number of rotatable bonds is 4. The summed E-state index contributed by atoms with van der Waals surface area (Å²) in [6.45, 7) is 4.01. The molecule has 0 bridgehead atoms. The van der Waals surface area contributed by atoms with Gasteiger partial charge in [0.1, 0.15) is 5.69 Å². The SMILES string of the molecule is Cc1ccc(NC(=O)c2ccc(N(C)c3ccccc3)cn2)c(C)c1. The molecule has 1 N–H and O–H groups in total. The quantitative estimate of drug-likeness (QED) is 0.752. The summed E-state index contributed by atoms with van der Waals surface area (Å²) in [7, 11) is 1.97. The molecule has 0 spiro atoms. The largest absolute Gasteiger partial charge is 0.343 e. The van der Waals surface area contributed by atoms with Gasteiger partial charge in [0.25, 0.3) is 5.91 Å². The zero-order valence-electron chi connectivity index (χ0n) is 14.7. The summed E-state index contributed by atoms with van der Waals surface area (Å²) in [6.07, 6.45) is 1.71. The maximum absolute atomic E-state index is 12.4. The van der Waals surface area contributed by atoms with E-state index in [1.54, 1.807) is 12.3 Å². The van der Waals surface area contributed by atoms with E-state index in [4.69, 9.17) is 0 Å². The Labute approximate surface area is 148 Å². The minimum Gasteiger partial charge on any atom is -0.343 e. The summed E-state index contributed by atoms with van der Waals surface area (Å²) in [4.78, 5) is 18.8. The van der Waals surface area contributed by atoms with Crippen LogP contribution in [0.3, 0.4) is 0 Å². The van der Waals surface area contributed by atoms with E-state index in [9.17, 15) is 4.79 Å². The van der Waals surface area contributed by atoms with Gasteiger partial charge in [0, 0.05) is 18.4 Å². The van der Waals surface area contributed by atoms with Crippen LogP contribution in [0.1, 0.15) is 21.6 Å². The molecule has 0 saturated heterocycles. The van der Waals surface area contributed by atoms with Crippen LogP contribution in [-0.2, 0) is 0 Å². The Morgan fingerprint density at radius 2 is 1.72 bits per heavy atom. The highest BCUT2D eigenvalue weighted by Crippen LogP contribution is 2.22. The molecule has 4 nitrogen and oxygen atoms in total. The predicted octanol–water partition coefficient (Wildman–Crippen LogP) is 4.72. The summed E-state index contributed by atoms with van der Waals surface area (Å²) < 4.78 is 0. The molecule has 0 aliphatic heterocycles. The van der Waals surface area contributed by atoms with E-state index in [2.05, 4.69) is 10.3 Å². The molecular formula is C21H21N3O. The van der Waals surface area contributed by atoms with Gasteiger partial charge in [-0.05, 0) is 49.7 Å². The number of hydrogen-bond acceptors (Lipinski definition) is 3. The highest BCUT2D eigenvalue weighted by molar-refractivity contribution is 6.03. The molecule has 3 aromatic rings. The van der Waals surface area contributed by atoms with Crippen LogP contribution >= 0.6 is 0 Å². The molecule has 0 aliphatic rings. The lowest BCUT2D eigenvalue weighted by atomic mass is 10.1. The molecule has 0 aliphatic carbocycles. The van der Waals surface area contributed by atoms with Crippen molar-refractivity contribution in [3.63, 3.8) is 0 Å². The fourth-order valence-electron chi connectivity index (χ4n) is 2.66. The monoisotopic (exact) mass is 331 g/mol. The smallest absolute Gasteiger partial charge is 0.274 e. The molecule has 0 atom stereocenters. The number of pyridine rings is 1. The number of para-hydroxylation sites is 1. The first kappa shape index (κ1) is 16.7. The van der Waals surface area contributed by atoms with Gasteiger partial charge in [-0.25, -0.2) is 4.98 Å². The van der Waals surface area contributed by atoms with Crippen molar-refractivity contribution in [1.82, 2.24) is 4.98 Å². The minimum absolute atomic E-state index is 0.208. The van der Waals surface area contributed by atoms with Crippen LogP contribution in [-0.4, -0.2) is 17.9 Å². The van der Waals surface area contributed by atoms with Crippen LogP contribution in [0.5, 0.6) is 0 Å². The molecule has 1 heterocycles. The summed E-state index contributed by atoms with van der Waals surface area (Å²) in [5.74, 6) is -0.208. The zero-order chi connectivity index (χ0) is 17.8. The standard InChI is InChI=1S/C21H21N3O/c1-15-9-11-19(16(2)13-15)23-21(25)20-12-10-18(14-22-20)24(3)17-7-5-4-6-8-17/h4-14H,1-3H3,(H,23,25). The van der Waals surface area contributed by atoms with E-state index in [0.29, 0.717) is 5.69 Å². The van der Waals surface area contributed by atoms with Gasteiger partial charge in [0.15, 0.2) is 0 Å². The number of aromatic nitrogens is 1.